The first kappa shape index (κ1) is 24.3. The zero-order valence-electron chi connectivity index (χ0n) is 17.7. The number of pyridine rings is 1. The Balaban J connectivity index is 1.58. The Morgan fingerprint density at radius 2 is 1.91 bits per heavy atom. The largest absolute Gasteiger partial charge is 0.465 e. The quantitative estimate of drug-likeness (QED) is 0.639. The highest BCUT2D eigenvalue weighted by Gasteiger charge is 2.32. The van der Waals surface area contributed by atoms with Crippen LogP contribution >= 0.6 is 22.9 Å². The van der Waals surface area contributed by atoms with Crippen LogP contribution in [0.25, 0.3) is 0 Å². The number of piperazine rings is 1. The molecular formula is C20H22ClF3N4O3S. The molecule has 2 aromatic heterocycles. The average molecular weight is 491 g/mol. The van der Waals surface area contributed by atoms with Gasteiger partial charge in [0.25, 0.3) is 0 Å². The van der Waals surface area contributed by atoms with Crippen molar-refractivity contribution in [3.8, 4) is 0 Å². The maximum absolute atomic E-state index is 12.8. The molecule has 1 fully saturated rings. The van der Waals surface area contributed by atoms with Crippen molar-refractivity contribution in [1.29, 1.82) is 0 Å². The number of amides is 1. The molecule has 1 aliphatic rings. The van der Waals surface area contributed by atoms with Gasteiger partial charge in [0.2, 0.25) is 5.91 Å². The zero-order chi connectivity index (χ0) is 23.6. The number of carbonyl (C=O) groups is 2. The molecule has 0 bridgehead atoms. The molecule has 1 saturated heterocycles. The minimum absolute atomic E-state index is 0.0650. The topological polar surface area (TPSA) is 74.8 Å². The van der Waals surface area contributed by atoms with Crippen LogP contribution in [0.5, 0.6) is 0 Å². The second-order valence-electron chi connectivity index (χ2n) is 7.32. The number of aromatic nitrogens is 1. The Morgan fingerprint density at radius 1 is 1.25 bits per heavy atom. The van der Waals surface area contributed by atoms with Crippen LogP contribution in [0.2, 0.25) is 5.02 Å². The lowest BCUT2D eigenvalue weighted by atomic mass is 10.1. The number of carbonyl (C=O) groups excluding carboxylic acids is 2. The van der Waals surface area contributed by atoms with E-state index in [1.54, 1.807) is 11.8 Å². The molecule has 0 aromatic carbocycles. The van der Waals surface area contributed by atoms with Crippen molar-refractivity contribution < 1.29 is 27.5 Å². The summed E-state index contributed by atoms with van der Waals surface area (Å²) in [6.07, 6.45) is -3.74. The van der Waals surface area contributed by atoms with Crippen molar-refractivity contribution in [3.05, 3.63) is 38.9 Å². The van der Waals surface area contributed by atoms with Crippen LogP contribution in [0, 0.1) is 13.8 Å². The molecule has 0 aliphatic carbocycles. The van der Waals surface area contributed by atoms with E-state index in [1.165, 1.54) is 18.4 Å². The number of halogens is 4. The summed E-state index contributed by atoms with van der Waals surface area (Å²) in [7, 11) is 1.29. The van der Waals surface area contributed by atoms with E-state index < -0.39 is 17.7 Å². The van der Waals surface area contributed by atoms with Crippen LogP contribution in [0.1, 0.15) is 26.4 Å². The highest BCUT2D eigenvalue weighted by atomic mass is 35.5. The van der Waals surface area contributed by atoms with Gasteiger partial charge in [0.05, 0.1) is 29.8 Å². The van der Waals surface area contributed by atoms with Gasteiger partial charge in [-0.2, -0.15) is 13.2 Å². The lowest BCUT2D eigenvalue weighted by molar-refractivity contribution is -0.137. The number of anilines is 2. The van der Waals surface area contributed by atoms with Crippen molar-refractivity contribution in [3.63, 3.8) is 0 Å². The number of ether oxygens (including phenoxy) is 1. The first-order valence-electron chi connectivity index (χ1n) is 9.69. The number of hydrogen-bond donors (Lipinski definition) is 1. The van der Waals surface area contributed by atoms with Gasteiger partial charge >= 0.3 is 12.1 Å². The Labute approximate surface area is 192 Å². The number of alkyl halides is 3. The number of nitrogens with one attached hydrogen (secondary N) is 1. The summed E-state index contributed by atoms with van der Waals surface area (Å²) in [6, 6.07) is 0.869. The standard InChI is InChI=1S/C20H22ClF3N4O3S/c1-11-12(2)32-18(16(11)19(30)31-3)26-15(29)10-27-4-6-28(7-5-27)17-14(21)8-13(9-25-17)20(22,23)24/h8-9H,4-7,10H2,1-3H3,(H,26,29). The summed E-state index contributed by atoms with van der Waals surface area (Å²) in [5, 5.41) is 3.18. The summed E-state index contributed by atoms with van der Waals surface area (Å²) in [4.78, 5) is 33.1. The first-order valence-corrected chi connectivity index (χ1v) is 10.9. The monoisotopic (exact) mass is 490 g/mol. The lowest BCUT2D eigenvalue weighted by Gasteiger charge is -2.35. The molecule has 0 atom stereocenters. The van der Waals surface area contributed by atoms with Crippen LogP contribution < -0.4 is 10.2 Å². The van der Waals surface area contributed by atoms with Gasteiger partial charge in [0.1, 0.15) is 10.8 Å². The van der Waals surface area contributed by atoms with Gasteiger partial charge in [-0.25, -0.2) is 9.78 Å². The fourth-order valence-corrected chi connectivity index (χ4v) is 4.72. The molecule has 2 aromatic rings. The molecule has 0 spiro atoms. The molecule has 1 N–H and O–H groups in total. The lowest BCUT2D eigenvalue weighted by Crippen LogP contribution is -2.49. The van der Waals surface area contributed by atoms with Gasteiger partial charge in [-0.3, -0.25) is 9.69 Å². The van der Waals surface area contributed by atoms with Crippen molar-refractivity contribution in [2.75, 3.05) is 50.1 Å². The molecule has 3 heterocycles. The van der Waals surface area contributed by atoms with Gasteiger partial charge in [0, 0.05) is 37.3 Å². The van der Waals surface area contributed by atoms with Gasteiger partial charge in [-0.1, -0.05) is 11.6 Å². The number of nitrogens with zero attached hydrogens (tertiary/aromatic N) is 3. The summed E-state index contributed by atoms with van der Waals surface area (Å²) < 4.78 is 43.2. The fraction of sp³-hybridized carbons (Fsp3) is 0.450. The molecule has 7 nitrogen and oxygen atoms in total. The molecule has 12 heteroatoms. The molecular weight excluding hydrogens is 469 g/mol. The number of thiophene rings is 1. The van der Waals surface area contributed by atoms with Crippen LogP contribution in [0.4, 0.5) is 24.0 Å². The van der Waals surface area contributed by atoms with Crippen LogP contribution in [-0.2, 0) is 15.7 Å². The molecule has 1 aliphatic heterocycles. The second kappa shape index (κ2) is 9.63. The van der Waals surface area contributed by atoms with Gasteiger partial charge in [-0.15, -0.1) is 11.3 Å². The second-order valence-corrected chi connectivity index (χ2v) is 8.95. The summed E-state index contributed by atoms with van der Waals surface area (Å²) >= 11 is 7.34. The highest BCUT2D eigenvalue weighted by Crippen LogP contribution is 2.34. The summed E-state index contributed by atoms with van der Waals surface area (Å²) in [5.74, 6) is -0.483. The molecule has 0 saturated carbocycles. The van der Waals surface area contributed by atoms with Crippen LogP contribution in [-0.4, -0.2) is 61.6 Å². The number of esters is 1. The zero-order valence-corrected chi connectivity index (χ0v) is 19.2. The van der Waals surface area contributed by atoms with E-state index in [9.17, 15) is 22.8 Å². The Morgan fingerprint density at radius 3 is 2.47 bits per heavy atom. The molecule has 0 radical (unpaired) electrons. The number of rotatable bonds is 5. The average Bonchev–Trinajstić information content (AvgIpc) is 3.00. The highest BCUT2D eigenvalue weighted by molar-refractivity contribution is 7.16. The van der Waals surface area contributed by atoms with Crippen LogP contribution in [0.3, 0.4) is 0 Å². The Bertz CT molecular complexity index is 1020. The number of hydrogen-bond acceptors (Lipinski definition) is 7. The number of aryl methyl sites for hydroxylation is 1. The van der Waals surface area contributed by atoms with E-state index in [0.29, 0.717) is 36.7 Å². The molecule has 174 valence electrons. The van der Waals surface area contributed by atoms with E-state index in [4.69, 9.17) is 16.3 Å². The fourth-order valence-electron chi connectivity index (χ4n) is 3.37. The van der Waals surface area contributed by atoms with Crippen molar-refractivity contribution >= 4 is 45.6 Å². The van der Waals surface area contributed by atoms with Crippen LogP contribution in [0.15, 0.2) is 12.3 Å². The van der Waals surface area contributed by atoms with Gasteiger partial charge in [0.15, 0.2) is 0 Å². The summed E-state index contributed by atoms with van der Waals surface area (Å²) in [6.45, 7) is 5.68. The van der Waals surface area contributed by atoms with Crippen molar-refractivity contribution in [2.24, 2.45) is 0 Å². The summed E-state index contributed by atoms with van der Waals surface area (Å²) in [5.41, 5.74) is 0.231. The predicted octanol–water partition coefficient (Wildman–Crippen LogP) is 3.98. The molecule has 0 unspecified atom stereocenters. The van der Waals surface area contributed by atoms with E-state index in [2.05, 4.69) is 10.3 Å². The van der Waals surface area contributed by atoms with E-state index in [0.717, 1.165) is 22.7 Å². The Hall–Kier alpha value is -2.37. The van der Waals surface area contributed by atoms with E-state index in [-0.39, 0.29) is 23.3 Å². The third-order valence-electron chi connectivity index (χ3n) is 5.22. The number of methoxy groups -OCH3 is 1. The van der Waals surface area contributed by atoms with E-state index in [1.807, 2.05) is 11.8 Å². The molecule has 1 amide bonds. The SMILES string of the molecule is COC(=O)c1c(NC(=O)CN2CCN(c3ncc(C(F)(F)F)cc3Cl)CC2)sc(C)c1C. The maximum atomic E-state index is 12.8. The minimum Gasteiger partial charge on any atom is -0.465 e. The predicted molar refractivity (Wildman–Crippen MR) is 117 cm³/mol. The maximum Gasteiger partial charge on any atom is 0.417 e. The van der Waals surface area contributed by atoms with Crippen molar-refractivity contribution in [2.45, 2.75) is 20.0 Å². The minimum atomic E-state index is -4.51. The van der Waals surface area contributed by atoms with E-state index >= 15 is 0 Å². The Kier molecular flexibility index (Phi) is 7.31. The van der Waals surface area contributed by atoms with Gasteiger partial charge < -0.3 is 15.0 Å². The third kappa shape index (κ3) is 5.33. The van der Waals surface area contributed by atoms with Gasteiger partial charge in [-0.05, 0) is 25.5 Å². The smallest absolute Gasteiger partial charge is 0.417 e. The normalized spacial score (nSPS) is 15.0. The molecule has 3 rings (SSSR count). The third-order valence-corrected chi connectivity index (χ3v) is 6.62. The molecule has 32 heavy (non-hydrogen) atoms. The van der Waals surface area contributed by atoms with Crippen molar-refractivity contribution in [1.82, 2.24) is 9.88 Å². The first-order chi connectivity index (χ1) is 15.0.